The molecule has 0 saturated heterocycles. The van der Waals surface area contributed by atoms with Crippen LogP contribution in [0.4, 0.5) is 0 Å². The van der Waals surface area contributed by atoms with Crippen LogP contribution in [0, 0.1) is 0 Å². The molecule has 0 amide bonds. The van der Waals surface area contributed by atoms with E-state index in [-0.39, 0.29) is 5.41 Å². The number of fused-ring (bicyclic) bond motifs is 1. The van der Waals surface area contributed by atoms with Gasteiger partial charge < -0.3 is 24.1 Å². The lowest BCUT2D eigenvalue weighted by Crippen LogP contribution is -2.44. The smallest absolute Gasteiger partial charge is 0.216 e. The van der Waals surface area contributed by atoms with Gasteiger partial charge in [-0.25, -0.2) is 9.98 Å². The van der Waals surface area contributed by atoms with E-state index in [1.165, 1.54) is 11.1 Å². The van der Waals surface area contributed by atoms with Crippen molar-refractivity contribution < 1.29 is 13.9 Å². The molecule has 0 aliphatic carbocycles. The quantitative estimate of drug-likeness (QED) is 0.612. The summed E-state index contributed by atoms with van der Waals surface area (Å²) in [6.45, 7) is 11.3. The third-order valence-electron chi connectivity index (χ3n) is 5.01. The Morgan fingerprint density at radius 3 is 2.48 bits per heavy atom. The van der Waals surface area contributed by atoms with Crippen LogP contribution in [0.3, 0.4) is 0 Å². The highest BCUT2D eigenvalue weighted by atomic mass is 16.5. The average Bonchev–Trinajstić information content (AvgIpc) is 3.19. The third-order valence-corrected chi connectivity index (χ3v) is 5.01. The molecule has 1 N–H and O–H groups in total. The third kappa shape index (κ3) is 4.83. The van der Waals surface area contributed by atoms with E-state index in [9.17, 15) is 0 Å². The van der Waals surface area contributed by atoms with Crippen molar-refractivity contribution >= 4 is 5.96 Å². The number of guanidine groups is 1. The maximum absolute atomic E-state index is 5.88. The molecule has 1 aromatic heterocycles. The Bertz CT molecular complexity index is 867. The number of aliphatic imine (C=N–C) groups is 1. The average molecular weight is 401 g/mol. The van der Waals surface area contributed by atoms with Crippen LogP contribution in [0.2, 0.25) is 0 Å². The zero-order valence-corrected chi connectivity index (χ0v) is 18.3. The second kappa shape index (κ2) is 8.76. The van der Waals surface area contributed by atoms with Crippen LogP contribution in [-0.4, -0.2) is 43.2 Å². The van der Waals surface area contributed by atoms with Crippen LogP contribution in [-0.2, 0) is 24.9 Å². The summed E-state index contributed by atoms with van der Waals surface area (Å²) in [7, 11) is 3.33. The fourth-order valence-corrected chi connectivity index (χ4v) is 3.36. The Morgan fingerprint density at radius 1 is 1.21 bits per heavy atom. The predicted octanol–water partition coefficient (Wildman–Crippen LogP) is 3.51. The van der Waals surface area contributed by atoms with Crippen LogP contribution in [0.15, 0.2) is 27.7 Å². The topological polar surface area (TPSA) is 72.1 Å². The SMILES string of the molecule is CCNC(=NCc1ncc(C(C)(C)C)o1)N1CCc2cc(OC)c(OC)cc2C1. The van der Waals surface area contributed by atoms with E-state index in [0.717, 1.165) is 49.3 Å². The minimum Gasteiger partial charge on any atom is -0.493 e. The van der Waals surface area contributed by atoms with E-state index in [0.29, 0.717) is 12.4 Å². The number of benzene rings is 1. The molecule has 0 radical (unpaired) electrons. The van der Waals surface area contributed by atoms with Crippen LogP contribution >= 0.6 is 0 Å². The summed E-state index contributed by atoms with van der Waals surface area (Å²) in [5.74, 6) is 3.90. The van der Waals surface area contributed by atoms with Crippen LogP contribution in [0.1, 0.15) is 50.5 Å². The van der Waals surface area contributed by atoms with Gasteiger partial charge in [-0.1, -0.05) is 20.8 Å². The van der Waals surface area contributed by atoms with Gasteiger partial charge in [0.05, 0.1) is 20.4 Å². The normalized spacial score (nSPS) is 14.6. The highest BCUT2D eigenvalue weighted by Crippen LogP contribution is 2.33. The van der Waals surface area contributed by atoms with Gasteiger partial charge in [0.25, 0.3) is 0 Å². The van der Waals surface area contributed by atoms with Crippen molar-refractivity contribution in [1.29, 1.82) is 0 Å². The molecule has 0 bridgehead atoms. The van der Waals surface area contributed by atoms with Gasteiger partial charge in [-0.15, -0.1) is 0 Å². The molecule has 158 valence electrons. The van der Waals surface area contributed by atoms with Gasteiger partial charge in [0.1, 0.15) is 12.3 Å². The van der Waals surface area contributed by atoms with E-state index in [2.05, 4.69) is 55.0 Å². The minimum absolute atomic E-state index is 0.0594. The lowest BCUT2D eigenvalue weighted by Gasteiger charge is -2.32. The first-order chi connectivity index (χ1) is 13.9. The van der Waals surface area contributed by atoms with Crippen LogP contribution in [0.25, 0.3) is 0 Å². The number of nitrogens with zero attached hydrogens (tertiary/aromatic N) is 3. The number of hydrogen-bond donors (Lipinski definition) is 1. The zero-order valence-electron chi connectivity index (χ0n) is 18.3. The number of oxazole rings is 1. The van der Waals surface area contributed by atoms with Crippen molar-refractivity contribution in [3.63, 3.8) is 0 Å². The van der Waals surface area contributed by atoms with E-state index in [1.54, 1.807) is 20.4 Å². The van der Waals surface area contributed by atoms with Gasteiger partial charge >= 0.3 is 0 Å². The van der Waals surface area contributed by atoms with Crippen molar-refractivity contribution in [1.82, 2.24) is 15.2 Å². The fourth-order valence-electron chi connectivity index (χ4n) is 3.36. The molecule has 0 fully saturated rings. The molecule has 7 nitrogen and oxygen atoms in total. The number of methoxy groups -OCH3 is 2. The molecule has 2 aromatic rings. The first-order valence-electron chi connectivity index (χ1n) is 10.1. The molecule has 7 heteroatoms. The first kappa shape index (κ1) is 21.0. The zero-order chi connectivity index (χ0) is 21.0. The molecule has 3 rings (SSSR count). The van der Waals surface area contributed by atoms with Crippen molar-refractivity contribution in [3.05, 3.63) is 41.1 Å². The van der Waals surface area contributed by atoms with Gasteiger partial charge in [0.2, 0.25) is 5.89 Å². The van der Waals surface area contributed by atoms with E-state index >= 15 is 0 Å². The summed E-state index contributed by atoms with van der Waals surface area (Å²) in [6.07, 6.45) is 2.72. The van der Waals surface area contributed by atoms with E-state index < -0.39 is 0 Å². The molecule has 0 spiro atoms. The van der Waals surface area contributed by atoms with E-state index in [1.807, 2.05) is 0 Å². The summed E-state index contributed by atoms with van der Waals surface area (Å²) < 4.78 is 16.8. The van der Waals surface area contributed by atoms with Crippen molar-refractivity contribution in [2.75, 3.05) is 27.3 Å². The van der Waals surface area contributed by atoms with Gasteiger partial charge in [-0.3, -0.25) is 0 Å². The first-order valence-corrected chi connectivity index (χ1v) is 10.1. The summed E-state index contributed by atoms with van der Waals surface area (Å²) >= 11 is 0. The highest BCUT2D eigenvalue weighted by Gasteiger charge is 2.22. The minimum atomic E-state index is -0.0594. The number of hydrogen-bond acceptors (Lipinski definition) is 5. The molecule has 1 aromatic carbocycles. The second-order valence-electron chi connectivity index (χ2n) is 8.19. The highest BCUT2D eigenvalue weighted by molar-refractivity contribution is 5.80. The monoisotopic (exact) mass is 400 g/mol. The van der Waals surface area contributed by atoms with Crippen molar-refractivity contribution in [3.8, 4) is 11.5 Å². The molecule has 1 aliphatic rings. The lowest BCUT2D eigenvalue weighted by molar-refractivity contribution is 0.345. The van der Waals surface area contributed by atoms with Crippen molar-refractivity contribution in [2.24, 2.45) is 4.99 Å². The Hall–Kier alpha value is -2.70. The fraction of sp³-hybridized carbons (Fsp3) is 0.545. The Kier molecular flexibility index (Phi) is 6.35. The summed E-state index contributed by atoms with van der Waals surface area (Å²) in [5.41, 5.74) is 2.46. The standard InChI is InChI=1S/C22H32N4O3/c1-7-23-21(25-13-20-24-12-19(29-20)22(2,3)4)26-9-8-15-10-17(27-5)18(28-6)11-16(15)14-26/h10-12H,7-9,13-14H2,1-6H3,(H,23,25). The van der Waals surface area contributed by atoms with Crippen LogP contribution in [0.5, 0.6) is 11.5 Å². The predicted molar refractivity (Wildman–Crippen MR) is 114 cm³/mol. The second-order valence-corrected chi connectivity index (χ2v) is 8.19. The Balaban J connectivity index is 1.78. The maximum Gasteiger partial charge on any atom is 0.216 e. The van der Waals surface area contributed by atoms with Gasteiger partial charge in [-0.2, -0.15) is 0 Å². The molecule has 2 heterocycles. The number of nitrogens with one attached hydrogen (secondary N) is 1. The summed E-state index contributed by atoms with van der Waals surface area (Å²) in [4.78, 5) is 11.4. The van der Waals surface area contributed by atoms with E-state index in [4.69, 9.17) is 18.9 Å². The Labute approximate surface area is 173 Å². The summed E-state index contributed by atoms with van der Waals surface area (Å²) in [6, 6.07) is 4.14. The molecular formula is C22H32N4O3. The number of aromatic nitrogens is 1. The Morgan fingerprint density at radius 2 is 1.90 bits per heavy atom. The van der Waals surface area contributed by atoms with Gasteiger partial charge in [-0.05, 0) is 36.6 Å². The number of rotatable bonds is 5. The van der Waals surface area contributed by atoms with Crippen LogP contribution < -0.4 is 14.8 Å². The lowest BCUT2D eigenvalue weighted by atomic mass is 9.94. The molecule has 29 heavy (non-hydrogen) atoms. The molecular weight excluding hydrogens is 368 g/mol. The molecule has 0 unspecified atom stereocenters. The summed E-state index contributed by atoms with van der Waals surface area (Å²) in [5, 5.41) is 3.39. The van der Waals surface area contributed by atoms with Gasteiger partial charge in [0.15, 0.2) is 17.5 Å². The molecule has 0 atom stereocenters. The van der Waals surface area contributed by atoms with Gasteiger partial charge in [0, 0.05) is 25.0 Å². The number of ether oxygens (including phenoxy) is 2. The largest absolute Gasteiger partial charge is 0.493 e. The molecule has 1 aliphatic heterocycles. The molecule has 0 saturated carbocycles. The van der Waals surface area contributed by atoms with Crippen molar-refractivity contribution in [2.45, 2.75) is 52.6 Å². The maximum atomic E-state index is 5.88.